The maximum absolute atomic E-state index is 11.9. The van der Waals surface area contributed by atoms with Gasteiger partial charge in [0.05, 0.1) is 5.02 Å². The molecule has 0 aliphatic carbocycles. The molecule has 0 fully saturated rings. The Balaban J connectivity index is 2.81. The summed E-state index contributed by atoms with van der Waals surface area (Å²) in [6.07, 6.45) is 0. The largest absolute Gasteiger partial charge is 0.373 e. The van der Waals surface area contributed by atoms with Crippen LogP contribution in [0.25, 0.3) is 0 Å². The molecule has 1 amide bonds. The minimum Gasteiger partial charge on any atom is -0.373 e. The van der Waals surface area contributed by atoms with E-state index in [2.05, 4.69) is 15.6 Å². The number of amides is 1. The van der Waals surface area contributed by atoms with Crippen molar-refractivity contribution in [2.45, 2.75) is 20.8 Å². The lowest BCUT2D eigenvalue weighted by molar-refractivity contribution is 0.0934. The van der Waals surface area contributed by atoms with Crippen LogP contribution in [0.2, 0.25) is 5.02 Å². The summed E-state index contributed by atoms with van der Waals surface area (Å²) in [6, 6.07) is 3.38. The monoisotopic (exact) mass is 255 g/mol. The molecule has 0 spiro atoms. The van der Waals surface area contributed by atoms with E-state index in [-0.39, 0.29) is 17.0 Å². The number of nitrogens with zero attached hydrogens (tertiary/aromatic N) is 1. The van der Waals surface area contributed by atoms with Crippen LogP contribution in [0.1, 0.15) is 31.3 Å². The zero-order valence-corrected chi connectivity index (χ0v) is 11.4. The number of carbonyl (C=O) groups excluding carboxylic acids is 1. The molecule has 4 nitrogen and oxygen atoms in total. The van der Waals surface area contributed by atoms with Crippen LogP contribution >= 0.6 is 11.6 Å². The Hall–Kier alpha value is -1.29. The third kappa shape index (κ3) is 4.23. The minimum absolute atomic E-state index is 0.0305. The van der Waals surface area contributed by atoms with Gasteiger partial charge in [-0.15, -0.1) is 0 Å². The van der Waals surface area contributed by atoms with Gasteiger partial charge in [0, 0.05) is 13.6 Å². The average molecular weight is 256 g/mol. The summed E-state index contributed by atoms with van der Waals surface area (Å²) in [5, 5.41) is 6.05. The lowest BCUT2D eigenvalue weighted by atomic mass is 9.97. The minimum atomic E-state index is -0.248. The van der Waals surface area contributed by atoms with Crippen molar-refractivity contribution in [2.24, 2.45) is 5.41 Å². The molecular formula is C12H18ClN3O. The molecule has 0 radical (unpaired) electrons. The molecule has 94 valence electrons. The smallest absolute Gasteiger partial charge is 0.271 e. The van der Waals surface area contributed by atoms with Crippen molar-refractivity contribution in [3.63, 3.8) is 0 Å². The molecule has 5 heteroatoms. The molecule has 0 unspecified atom stereocenters. The Morgan fingerprint density at radius 2 is 2.06 bits per heavy atom. The van der Waals surface area contributed by atoms with Gasteiger partial charge in [0.15, 0.2) is 0 Å². The van der Waals surface area contributed by atoms with Crippen molar-refractivity contribution in [3.8, 4) is 0 Å². The Morgan fingerprint density at radius 1 is 1.41 bits per heavy atom. The second kappa shape index (κ2) is 5.36. The molecule has 2 N–H and O–H groups in total. The molecule has 1 heterocycles. The van der Waals surface area contributed by atoms with Crippen LogP contribution in [0.4, 0.5) is 5.82 Å². The first-order valence-corrected chi connectivity index (χ1v) is 5.84. The summed E-state index contributed by atoms with van der Waals surface area (Å²) in [5.41, 5.74) is 0.283. The Labute approximate surface area is 107 Å². The van der Waals surface area contributed by atoms with E-state index >= 15 is 0 Å². The second-order valence-corrected chi connectivity index (χ2v) is 5.43. The number of halogens is 1. The molecule has 0 saturated heterocycles. The van der Waals surface area contributed by atoms with Crippen LogP contribution in [0.3, 0.4) is 0 Å². The molecule has 0 saturated carbocycles. The summed E-state index contributed by atoms with van der Waals surface area (Å²) >= 11 is 5.95. The lowest BCUT2D eigenvalue weighted by Gasteiger charge is -2.18. The highest BCUT2D eigenvalue weighted by Gasteiger charge is 2.16. The number of aromatic nitrogens is 1. The highest BCUT2D eigenvalue weighted by atomic mass is 35.5. The molecule has 0 bridgehead atoms. The van der Waals surface area contributed by atoms with Gasteiger partial charge in [0.1, 0.15) is 11.5 Å². The van der Waals surface area contributed by atoms with Crippen LogP contribution < -0.4 is 10.6 Å². The molecule has 0 aromatic carbocycles. The summed E-state index contributed by atoms with van der Waals surface area (Å²) in [5.74, 6) is 0.373. The highest BCUT2D eigenvalue weighted by molar-refractivity contribution is 6.33. The lowest BCUT2D eigenvalue weighted by Crippen LogP contribution is -2.33. The van der Waals surface area contributed by atoms with Crippen molar-refractivity contribution in [3.05, 3.63) is 22.8 Å². The number of nitrogens with one attached hydrogen (secondary N) is 2. The van der Waals surface area contributed by atoms with E-state index in [9.17, 15) is 4.79 Å². The Kier molecular flexibility index (Phi) is 4.34. The summed E-state index contributed by atoms with van der Waals surface area (Å²) < 4.78 is 0. The molecule has 0 aliphatic heterocycles. The first-order valence-electron chi connectivity index (χ1n) is 5.46. The average Bonchev–Trinajstić information content (AvgIpc) is 2.25. The van der Waals surface area contributed by atoms with E-state index in [1.165, 1.54) is 0 Å². The molecule has 0 atom stereocenters. The molecule has 1 aromatic rings. The van der Waals surface area contributed by atoms with Gasteiger partial charge < -0.3 is 10.6 Å². The van der Waals surface area contributed by atoms with Crippen LogP contribution in [-0.2, 0) is 0 Å². The first kappa shape index (κ1) is 13.8. The second-order valence-electron chi connectivity index (χ2n) is 5.02. The zero-order chi connectivity index (χ0) is 13.1. The molecule has 1 rings (SSSR count). The summed E-state index contributed by atoms with van der Waals surface area (Å²) in [7, 11) is 1.74. The normalized spacial score (nSPS) is 11.1. The number of anilines is 1. The van der Waals surface area contributed by atoms with Crippen LogP contribution in [0.15, 0.2) is 12.1 Å². The van der Waals surface area contributed by atoms with Gasteiger partial charge in [-0.25, -0.2) is 4.98 Å². The van der Waals surface area contributed by atoms with Crippen LogP contribution in [0, 0.1) is 5.41 Å². The number of hydrogen-bond donors (Lipinski definition) is 2. The Morgan fingerprint density at radius 3 is 2.59 bits per heavy atom. The first-order chi connectivity index (χ1) is 7.83. The maximum Gasteiger partial charge on any atom is 0.271 e. The third-order valence-electron chi connectivity index (χ3n) is 2.10. The molecular weight excluding hydrogens is 238 g/mol. The molecule has 0 aliphatic rings. The zero-order valence-electron chi connectivity index (χ0n) is 10.6. The van der Waals surface area contributed by atoms with Crippen molar-refractivity contribution in [1.29, 1.82) is 0 Å². The van der Waals surface area contributed by atoms with E-state index in [0.29, 0.717) is 17.4 Å². The van der Waals surface area contributed by atoms with E-state index in [1.54, 1.807) is 19.2 Å². The topological polar surface area (TPSA) is 54.0 Å². The quantitative estimate of drug-likeness (QED) is 0.873. The number of pyridine rings is 1. The van der Waals surface area contributed by atoms with Gasteiger partial charge in [0.2, 0.25) is 0 Å². The fourth-order valence-corrected chi connectivity index (χ4v) is 1.36. The number of carbonyl (C=O) groups is 1. The SMILES string of the molecule is CNc1ccc(Cl)c(C(=O)NCC(C)(C)C)n1. The standard InChI is InChI=1S/C12H18ClN3O/c1-12(2,3)7-15-11(17)10-8(13)5-6-9(14-4)16-10/h5-6H,7H2,1-4H3,(H,14,16)(H,15,17). The summed E-state index contributed by atoms with van der Waals surface area (Å²) in [6.45, 7) is 6.72. The van der Waals surface area contributed by atoms with Gasteiger partial charge >= 0.3 is 0 Å². The molecule has 17 heavy (non-hydrogen) atoms. The third-order valence-corrected chi connectivity index (χ3v) is 2.40. The van der Waals surface area contributed by atoms with E-state index in [1.807, 2.05) is 20.8 Å². The maximum atomic E-state index is 11.9. The van der Waals surface area contributed by atoms with E-state index in [0.717, 1.165) is 0 Å². The van der Waals surface area contributed by atoms with Gasteiger partial charge in [-0.05, 0) is 17.5 Å². The van der Waals surface area contributed by atoms with Crippen molar-refractivity contribution in [1.82, 2.24) is 10.3 Å². The van der Waals surface area contributed by atoms with E-state index in [4.69, 9.17) is 11.6 Å². The van der Waals surface area contributed by atoms with Crippen molar-refractivity contribution in [2.75, 3.05) is 18.9 Å². The van der Waals surface area contributed by atoms with Gasteiger partial charge in [0.25, 0.3) is 5.91 Å². The van der Waals surface area contributed by atoms with Crippen molar-refractivity contribution >= 4 is 23.3 Å². The fraction of sp³-hybridized carbons (Fsp3) is 0.500. The van der Waals surface area contributed by atoms with Gasteiger partial charge in [-0.1, -0.05) is 32.4 Å². The number of rotatable bonds is 3. The van der Waals surface area contributed by atoms with Crippen molar-refractivity contribution < 1.29 is 4.79 Å². The van der Waals surface area contributed by atoms with Gasteiger partial charge in [-0.2, -0.15) is 0 Å². The van der Waals surface area contributed by atoms with E-state index < -0.39 is 0 Å². The molecule has 1 aromatic heterocycles. The highest BCUT2D eigenvalue weighted by Crippen LogP contribution is 2.17. The predicted octanol–water partition coefficient (Wildman–Crippen LogP) is 2.55. The fourth-order valence-electron chi connectivity index (χ4n) is 1.17. The summed E-state index contributed by atoms with van der Waals surface area (Å²) in [4.78, 5) is 16.0. The van der Waals surface area contributed by atoms with Crippen LogP contribution in [-0.4, -0.2) is 24.5 Å². The predicted molar refractivity (Wildman–Crippen MR) is 70.6 cm³/mol. The Bertz CT molecular complexity index is 413. The van der Waals surface area contributed by atoms with Gasteiger partial charge in [-0.3, -0.25) is 4.79 Å². The van der Waals surface area contributed by atoms with Crippen LogP contribution in [0.5, 0.6) is 0 Å². The number of hydrogen-bond acceptors (Lipinski definition) is 3.